The van der Waals surface area contributed by atoms with E-state index < -0.39 is 17.3 Å². The van der Waals surface area contributed by atoms with Gasteiger partial charge in [-0.3, -0.25) is 9.59 Å². The largest absolute Gasteiger partial charge is 0.419 e. The second-order valence-electron chi connectivity index (χ2n) is 7.27. The number of ether oxygens (including phenoxy) is 1. The molecule has 3 rings (SSSR count). The van der Waals surface area contributed by atoms with E-state index in [9.17, 15) is 22.8 Å². The van der Waals surface area contributed by atoms with Gasteiger partial charge in [-0.05, 0) is 0 Å². The first-order valence-corrected chi connectivity index (χ1v) is 11.3. The predicted molar refractivity (Wildman–Crippen MR) is 116 cm³/mol. The number of nitrogens with one attached hydrogen (secondary N) is 1. The summed E-state index contributed by atoms with van der Waals surface area (Å²) in [5.41, 5.74) is -1.35. The first kappa shape index (κ1) is 25.2. The molecule has 1 aliphatic rings. The number of carbonyl (C=O) groups excluding carboxylic acids is 1. The highest BCUT2D eigenvalue weighted by molar-refractivity contribution is 8.00. The van der Waals surface area contributed by atoms with E-state index in [4.69, 9.17) is 16.3 Å². The molecule has 2 aromatic heterocycles. The quantitative estimate of drug-likeness (QED) is 0.430. The van der Waals surface area contributed by atoms with Gasteiger partial charge in [-0.15, -0.1) is 11.8 Å². The number of piperazine rings is 1. The Balaban J connectivity index is 1.36. The molecule has 1 saturated heterocycles. The first-order valence-electron chi connectivity index (χ1n) is 10.0. The number of hydrogen-bond acceptors (Lipinski definition) is 8. The summed E-state index contributed by atoms with van der Waals surface area (Å²) in [7, 11) is 0. The molecule has 0 saturated carbocycles. The normalized spacial score (nSPS) is 15.5. The molecule has 180 valence electrons. The highest BCUT2D eigenvalue weighted by Gasteiger charge is 2.32. The molecule has 1 unspecified atom stereocenters. The SMILES string of the molecule is CC(COCCC(=O)N1CCN(c2ncc(C(F)(F)F)cn2)CC1)Sc1cn[nH]c(=O)c1Cl. The number of anilines is 1. The first-order chi connectivity index (χ1) is 15.6. The summed E-state index contributed by atoms with van der Waals surface area (Å²) >= 11 is 7.31. The molecule has 3 heterocycles. The molecule has 0 bridgehead atoms. The lowest BCUT2D eigenvalue weighted by Gasteiger charge is -2.34. The predicted octanol–water partition coefficient (Wildman–Crippen LogP) is 2.47. The fourth-order valence-corrected chi connectivity index (χ4v) is 4.19. The molecular weight excluding hydrogens is 485 g/mol. The van der Waals surface area contributed by atoms with Gasteiger partial charge >= 0.3 is 6.18 Å². The maximum Gasteiger partial charge on any atom is 0.419 e. The number of carbonyl (C=O) groups is 1. The Hall–Kier alpha value is -2.38. The second-order valence-corrected chi connectivity index (χ2v) is 9.13. The van der Waals surface area contributed by atoms with E-state index in [1.54, 1.807) is 9.80 Å². The van der Waals surface area contributed by atoms with Gasteiger partial charge in [0.25, 0.3) is 5.56 Å². The zero-order valence-electron chi connectivity index (χ0n) is 17.6. The van der Waals surface area contributed by atoms with Crippen LogP contribution in [0.5, 0.6) is 0 Å². The van der Waals surface area contributed by atoms with Crippen LogP contribution in [0.15, 0.2) is 28.3 Å². The van der Waals surface area contributed by atoms with Crippen LogP contribution in [-0.4, -0.2) is 75.6 Å². The third kappa shape index (κ3) is 7.05. The molecule has 33 heavy (non-hydrogen) atoms. The van der Waals surface area contributed by atoms with Crippen molar-refractivity contribution in [3.05, 3.63) is 39.5 Å². The van der Waals surface area contributed by atoms with E-state index in [0.717, 1.165) is 12.4 Å². The van der Waals surface area contributed by atoms with Crippen LogP contribution in [-0.2, 0) is 15.7 Å². The Morgan fingerprint density at radius 2 is 1.91 bits per heavy atom. The lowest BCUT2D eigenvalue weighted by Crippen LogP contribution is -2.49. The lowest BCUT2D eigenvalue weighted by atomic mass is 10.3. The maximum atomic E-state index is 12.6. The summed E-state index contributed by atoms with van der Waals surface area (Å²) in [5, 5.41) is 6.05. The summed E-state index contributed by atoms with van der Waals surface area (Å²) < 4.78 is 43.5. The Bertz CT molecular complexity index is 1000. The Morgan fingerprint density at radius 1 is 1.24 bits per heavy atom. The highest BCUT2D eigenvalue weighted by Crippen LogP contribution is 2.29. The highest BCUT2D eigenvalue weighted by atomic mass is 35.5. The minimum Gasteiger partial charge on any atom is -0.380 e. The van der Waals surface area contributed by atoms with Crippen LogP contribution in [0, 0.1) is 0 Å². The van der Waals surface area contributed by atoms with Crippen LogP contribution in [0.1, 0.15) is 18.9 Å². The Morgan fingerprint density at radius 3 is 2.55 bits per heavy atom. The van der Waals surface area contributed by atoms with Gasteiger partial charge in [0.1, 0.15) is 5.02 Å². The van der Waals surface area contributed by atoms with Crippen molar-refractivity contribution in [1.82, 2.24) is 25.1 Å². The number of amides is 1. The van der Waals surface area contributed by atoms with Gasteiger partial charge in [0.15, 0.2) is 0 Å². The maximum absolute atomic E-state index is 12.6. The molecule has 14 heteroatoms. The smallest absolute Gasteiger partial charge is 0.380 e. The minimum atomic E-state index is -4.48. The van der Waals surface area contributed by atoms with Crippen molar-refractivity contribution in [2.24, 2.45) is 0 Å². The van der Waals surface area contributed by atoms with Crippen molar-refractivity contribution >= 4 is 35.2 Å². The van der Waals surface area contributed by atoms with Crippen LogP contribution in [0.25, 0.3) is 0 Å². The van der Waals surface area contributed by atoms with Crippen LogP contribution >= 0.6 is 23.4 Å². The molecule has 1 aliphatic heterocycles. The van der Waals surface area contributed by atoms with Crippen molar-refractivity contribution in [3.63, 3.8) is 0 Å². The molecule has 9 nitrogen and oxygen atoms in total. The van der Waals surface area contributed by atoms with Crippen molar-refractivity contribution in [2.45, 2.75) is 29.7 Å². The molecule has 2 aromatic rings. The third-order valence-electron chi connectivity index (χ3n) is 4.79. The van der Waals surface area contributed by atoms with Crippen LogP contribution < -0.4 is 10.5 Å². The van der Waals surface area contributed by atoms with E-state index >= 15 is 0 Å². The zero-order chi connectivity index (χ0) is 24.0. The number of rotatable bonds is 8. The number of halogens is 4. The molecule has 0 aromatic carbocycles. The summed E-state index contributed by atoms with van der Waals surface area (Å²) in [6.45, 7) is 4.21. The van der Waals surface area contributed by atoms with E-state index in [1.807, 2.05) is 6.92 Å². The van der Waals surface area contributed by atoms with Gasteiger partial charge in [-0.2, -0.15) is 18.3 Å². The van der Waals surface area contributed by atoms with Gasteiger partial charge in [0.05, 0.1) is 36.3 Å². The number of hydrogen-bond donors (Lipinski definition) is 1. The number of aromatic nitrogens is 4. The second kappa shape index (κ2) is 11.2. The van der Waals surface area contributed by atoms with Gasteiger partial charge in [0.2, 0.25) is 11.9 Å². The number of nitrogens with zero attached hydrogens (tertiary/aromatic N) is 5. The standard InChI is InChI=1S/C19H22ClF3N6O3S/c1-12(33-14-10-26-27-17(31)16(14)20)11-32-7-2-15(30)28-3-5-29(6-4-28)18-24-8-13(9-25-18)19(21,22)23/h8-10,12H,2-7,11H2,1H3,(H,27,31). The molecule has 0 aliphatic carbocycles. The monoisotopic (exact) mass is 506 g/mol. The van der Waals surface area contributed by atoms with E-state index in [0.29, 0.717) is 37.7 Å². The molecule has 0 spiro atoms. The van der Waals surface area contributed by atoms with Crippen molar-refractivity contribution in [2.75, 3.05) is 44.3 Å². The van der Waals surface area contributed by atoms with E-state index in [2.05, 4.69) is 20.2 Å². The lowest BCUT2D eigenvalue weighted by molar-refractivity contribution is -0.138. The van der Waals surface area contributed by atoms with Crippen molar-refractivity contribution in [1.29, 1.82) is 0 Å². The molecule has 1 N–H and O–H groups in total. The Kier molecular flexibility index (Phi) is 8.54. The number of aromatic amines is 1. The van der Waals surface area contributed by atoms with E-state index in [1.165, 1.54) is 18.0 Å². The number of H-pyrrole nitrogens is 1. The van der Waals surface area contributed by atoms with Crippen molar-refractivity contribution < 1.29 is 22.7 Å². The average Bonchev–Trinajstić information content (AvgIpc) is 2.79. The number of thioether (sulfide) groups is 1. The van der Waals surface area contributed by atoms with Crippen LogP contribution in [0.4, 0.5) is 19.1 Å². The molecule has 0 radical (unpaired) electrons. The summed E-state index contributed by atoms with van der Waals surface area (Å²) in [6.07, 6.45) is -1.27. The van der Waals surface area contributed by atoms with Crippen molar-refractivity contribution in [3.8, 4) is 0 Å². The van der Waals surface area contributed by atoms with Crippen LogP contribution in [0.3, 0.4) is 0 Å². The molecular formula is C19H22ClF3N6O3S. The van der Waals surface area contributed by atoms with Gasteiger partial charge in [-0.1, -0.05) is 18.5 Å². The minimum absolute atomic E-state index is 0.00604. The topological polar surface area (TPSA) is 104 Å². The van der Waals surface area contributed by atoms with Crippen LogP contribution in [0.2, 0.25) is 5.02 Å². The summed E-state index contributed by atoms with van der Waals surface area (Å²) in [6, 6.07) is 0. The average molecular weight is 507 g/mol. The summed E-state index contributed by atoms with van der Waals surface area (Å²) in [5.74, 6) is 0.144. The molecule has 1 amide bonds. The Labute approximate surface area is 196 Å². The van der Waals surface area contributed by atoms with E-state index in [-0.39, 0.29) is 35.2 Å². The number of alkyl halides is 3. The fourth-order valence-electron chi connectivity index (χ4n) is 3.05. The zero-order valence-corrected chi connectivity index (χ0v) is 19.2. The molecule has 1 fully saturated rings. The molecule has 1 atom stereocenters. The van der Waals surface area contributed by atoms with Gasteiger partial charge in [0, 0.05) is 43.8 Å². The third-order valence-corrected chi connectivity index (χ3v) is 6.37. The summed E-state index contributed by atoms with van der Waals surface area (Å²) in [4.78, 5) is 35.5. The van der Waals surface area contributed by atoms with Gasteiger partial charge < -0.3 is 14.5 Å². The fraction of sp³-hybridized carbons (Fsp3) is 0.526. The van der Waals surface area contributed by atoms with Gasteiger partial charge in [-0.25, -0.2) is 15.1 Å².